The fourth-order valence-electron chi connectivity index (χ4n) is 2.50. The van der Waals surface area contributed by atoms with E-state index in [1.165, 1.54) is 5.56 Å². The zero-order valence-corrected chi connectivity index (χ0v) is 13.5. The van der Waals surface area contributed by atoms with Gasteiger partial charge in [-0.25, -0.2) is 0 Å². The number of hydrogen-bond donors (Lipinski definition) is 2. The number of anilines is 1. The number of nitrogens with zero attached hydrogens (tertiary/aromatic N) is 1. The summed E-state index contributed by atoms with van der Waals surface area (Å²) < 4.78 is 0. The molecule has 1 atom stereocenters. The van der Waals surface area contributed by atoms with Crippen molar-refractivity contribution in [1.82, 2.24) is 10.2 Å². The molecule has 0 amide bonds. The number of nitrogens with one attached hydrogen (secondary N) is 1. The van der Waals surface area contributed by atoms with Crippen LogP contribution in [-0.4, -0.2) is 31.1 Å². The second-order valence-electron chi connectivity index (χ2n) is 4.48. The topological polar surface area (TPSA) is 41.3 Å². The molecule has 1 heterocycles. The molecule has 0 bridgehead atoms. The van der Waals surface area contributed by atoms with Crippen LogP contribution in [0.25, 0.3) is 0 Å². The largest absolute Gasteiger partial charge is 0.398 e. The van der Waals surface area contributed by atoms with E-state index in [1.807, 2.05) is 18.2 Å². The summed E-state index contributed by atoms with van der Waals surface area (Å²) in [5, 5.41) is 4.14. The molecular weight excluding hydrogens is 305 g/mol. The van der Waals surface area contributed by atoms with Crippen LogP contribution in [-0.2, 0) is 0 Å². The van der Waals surface area contributed by atoms with Gasteiger partial charge in [0, 0.05) is 42.9 Å². The summed E-state index contributed by atoms with van der Waals surface area (Å²) in [6.07, 6.45) is 1.06. The van der Waals surface area contributed by atoms with Gasteiger partial charge in [-0.05, 0) is 30.2 Å². The smallest absolute Gasteiger partial charge is 0.0410 e. The number of benzene rings is 1. The Kier molecular flexibility index (Phi) is 8.79. The molecule has 0 unspecified atom stereocenters. The quantitative estimate of drug-likeness (QED) is 0.839. The second-order valence-corrected chi connectivity index (χ2v) is 4.92. The summed E-state index contributed by atoms with van der Waals surface area (Å²) in [6, 6.07) is 6.15. The highest BCUT2D eigenvalue weighted by molar-refractivity contribution is 6.30. The molecule has 1 aliphatic rings. The van der Waals surface area contributed by atoms with Gasteiger partial charge in [-0.2, -0.15) is 0 Å². The summed E-state index contributed by atoms with van der Waals surface area (Å²) in [7, 11) is 0. The average Bonchev–Trinajstić information content (AvgIpc) is 2.36. The van der Waals surface area contributed by atoms with E-state index in [0.29, 0.717) is 6.04 Å². The first kappa shape index (κ1) is 18.8. The molecule has 0 radical (unpaired) electrons. The first-order chi connectivity index (χ1) is 8.22. The predicted octanol–water partition coefficient (Wildman–Crippen LogP) is 3.12. The lowest BCUT2D eigenvalue weighted by Gasteiger charge is -2.35. The van der Waals surface area contributed by atoms with E-state index in [1.54, 1.807) is 0 Å². The maximum absolute atomic E-state index is 6.07. The Balaban J connectivity index is 0.00000162. The molecule has 1 aromatic carbocycles. The third kappa shape index (κ3) is 4.69. The van der Waals surface area contributed by atoms with Gasteiger partial charge in [0.25, 0.3) is 0 Å². The Morgan fingerprint density at radius 1 is 1.32 bits per heavy atom. The van der Waals surface area contributed by atoms with Gasteiger partial charge in [-0.1, -0.05) is 18.5 Å². The lowest BCUT2D eigenvalue weighted by atomic mass is 10.00. The highest BCUT2D eigenvalue weighted by Gasteiger charge is 2.22. The Morgan fingerprint density at radius 2 is 1.95 bits per heavy atom. The SMILES string of the molecule is CC[C@@H](c1cc(Cl)ccc1N)N1CCNCC1.Cl.Cl. The predicted molar refractivity (Wildman–Crippen MR) is 87.8 cm³/mol. The first-order valence-electron chi connectivity index (χ1n) is 6.22. The Bertz CT molecular complexity index is 381. The van der Waals surface area contributed by atoms with Gasteiger partial charge in [-0.15, -0.1) is 24.8 Å². The van der Waals surface area contributed by atoms with Crippen molar-refractivity contribution in [3.05, 3.63) is 28.8 Å². The van der Waals surface area contributed by atoms with Gasteiger partial charge in [0.05, 0.1) is 0 Å². The van der Waals surface area contributed by atoms with Gasteiger partial charge in [0.2, 0.25) is 0 Å². The molecule has 1 saturated heterocycles. The highest BCUT2D eigenvalue weighted by atomic mass is 35.5. The molecule has 1 fully saturated rings. The molecular formula is C13H22Cl3N3. The average molecular weight is 327 g/mol. The fraction of sp³-hybridized carbons (Fsp3) is 0.538. The number of nitrogens with two attached hydrogens (primary N) is 1. The van der Waals surface area contributed by atoms with Crippen LogP contribution in [0.2, 0.25) is 5.02 Å². The van der Waals surface area contributed by atoms with Gasteiger partial charge in [-0.3, -0.25) is 4.90 Å². The molecule has 6 heteroatoms. The van der Waals surface area contributed by atoms with E-state index in [2.05, 4.69) is 17.1 Å². The Labute approximate surface area is 132 Å². The van der Waals surface area contributed by atoms with Gasteiger partial charge in [0.1, 0.15) is 0 Å². The lowest BCUT2D eigenvalue weighted by Crippen LogP contribution is -2.45. The summed E-state index contributed by atoms with van der Waals surface area (Å²) in [5.74, 6) is 0. The van der Waals surface area contributed by atoms with E-state index in [4.69, 9.17) is 17.3 Å². The molecule has 3 nitrogen and oxygen atoms in total. The number of halogens is 3. The van der Waals surface area contributed by atoms with Crippen molar-refractivity contribution in [2.24, 2.45) is 0 Å². The molecule has 1 aliphatic heterocycles. The first-order valence-corrected chi connectivity index (χ1v) is 6.60. The molecule has 110 valence electrons. The van der Waals surface area contributed by atoms with Crippen molar-refractivity contribution in [3.63, 3.8) is 0 Å². The normalized spacial score (nSPS) is 17.2. The molecule has 0 saturated carbocycles. The van der Waals surface area contributed by atoms with E-state index >= 15 is 0 Å². The van der Waals surface area contributed by atoms with Crippen molar-refractivity contribution in [2.45, 2.75) is 19.4 Å². The minimum atomic E-state index is 0. The minimum Gasteiger partial charge on any atom is -0.398 e. The van der Waals surface area contributed by atoms with Crippen molar-refractivity contribution in [2.75, 3.05) is 31.9 Å². The van der Waals surface area contributed by atoms with Gasteiger partial charge >= 0.3 is 0 Å². The minimum absolute atomic E-state index is 0. The molecule has 0 spiro atoms. The van der Waals surface area contributed by atoms with Crippen LogP contribution in [0.15, 0.2) is 18.2 Å². The number of rotatable bonds is 3. The number of hydrogen-bond acceptors (Lipinski definition) is 3. The number of piperazine rings is 1. The lowest BCUT2D eigenvalue weighted by molar-refractivity contribution is 0.170. The number of nitrogen functional groups attached to an aromatic ring is 1. The molecule has 2 rings (SSSR count). The zero-order valence-electron chi connectivity index (χ0n) is 11.1. The summed E-state index contributed by atoms with van der Waals surface area (Å²) in [4.78, 5) is 2.48. The molecule has 3 N–H and O–H groups in total. The molecule has 1 aromatic rings. The van der Waals surface area contributed by atoms with E-state index in [-0.39, 0.29) is 24.8 Å². The van der Waals surface area contributed by atoms with Gasteiger partial charge < -0.3 is 11.1 Å². The zero-order chi connectivity index (χ0) is 12.3. The third-order valence-electron chi connectivity index (χ3n) is 3.39. The van der Waals surface area contributed by atoms with E-state index < -0.39 is 0 Å². The Hall–Kier alpha value is -0.190. The van der Waals surface area contributed by atoms with Crippen molar-refractivity contribution in [1.29, 1.82) is 0 Å². The van der Waals surface area contributed by atoms with Crippen molar-refractivity contribution >= 4 is 42.1 Å². The van der Waals surface area contributed by atoms with Crippen LogP contribution >= 0.6 is 36.4 Å². The summed E-state index contributed by atoms with van der Waals surface area (Å²) >= 11 is 6.07. The second kappa shape index (κ2) is 8.88. The monoisotopic (exact) mass is 325 g/mol. The van der Waals surface area contributed by atoms with Crippen LogP contribution in [0.1, 0.15) is 24.9 Å². The van der Waals surface area contributed by atoms with Crippen molar-refractivity contribution in [3.8, 4) is 0 Å². The molecule has 19 heavy (non-hydrogen) atoms. The summed E-state index contributed by atoms with van der Waals surface area (Å²) in [6.45, 7) is 6.45. The Morgan fingerprint density at radius 3 is 2.53 bits per heavy atom. The standard InChI is InChI=1S/C13H20ClN3.2ClH/c1-2-13(17-7-5-16-6-8-17)11-9-10(14)3-4-12(11)15;;/h3-4,9,13,16H,2,5-8,15H2,1H3;2*1H/t13-;;/m0../s1. The maximum Gasteiger partial charge on any atom is 0.0410 e. The molecule has 0 aromatic heterocycles. The van der Waals surface area contributed by atoms with Crippen LogP contribution in [0, 0.1) is 0 Å². The van der Waals surface area contributed by atoms with Crippen LogP contribution in [0.4, 0.5) is 5.69 Å². The van der Waals surface area contributed by atoms with E-state index in [0.717, 1.165) is 43.3 Å². The van der Waals surface area contributed by atoms with Gasteiger partial charge in [0.15, 0.2) is 0 Å². The van der Waals surface area contributed by atoms with Crippen LogP contribution < -0.4 is 11.1 Å². The maximum atomic E-state index is 6.07. The molecule has 0 aliphatic carbocycles. The van der Waals surface area contributed by atoms with E-state index in [9.17, 15) is 0 Å². The third-order valence-corrected chi connectivity index (χ3v) is 3.62. The highest BCUT2D eigenvalue weighted by Crippen LogP contribution is 2.31. The summed E-state index contributed by atoms with van der Waals surface area (Å²) in [5.41, 5.74) is 8.09. The van der Waals surface area contributed by atoms with Crippen LogP contribution in [0.3, 0.4) is 0 Å². The fourth-order valence-corrected chi connectivity index (χ4v) is 2.68. The van der Waals surface area contributed by atoms with Crippen LogP contribution in [0.5, 0.6) is 0 Å². The van der Waals surface area contributed by atoms with Crippen molar-refractivity contribution < 1.29 is 0 Å².